The minimum Gasteiger partial charge on any atom is -0.345 e. The number of imidazole rings is 1. The van der Waals surface area contributed by atoms with Crippen LogP contribution in [-0.4, -0.2) is 34.5 Å². The number of nitrogens with zero attached hydrogens (tertiary/aromatic N) is 3. The van der Waals surface area contributed by atoms with E-state index >= 15 is 0 Å². The summed E-state index contributed by atoms with van der Waals surface area (Å²) >= 11 is 12.8. The Labute approximate surface area is 185 Å². The van der Waals surface area contributed by atoms with Gasteiger partial charge in [-0.1, -0.05) is 53.5 Å². The van der Waals surface area contributed by atoms with Crippen LogP contribution >= 0.6 is 23.2 Å². The summed E-state index contributed by atoms with van der Waals surface area (Å²) < 4.78 is 2.18. The molecule has 6 heteroatoms. The summed E-state index contributed by atoms with van der Waals surface area (Å²) in [5.41, 5.74) is 4.59. The first-order valence-corrected chi connectivity index (χ1v) is 10.4. The quantitative estimate of drug-likeness (QED) is 0.402. The molecule has 0 radical (unpaired) electrons. The van der Waals surface area contributed by atoms with Crippen LogP contribution in [0, 0.1) is 0 Å². The van der Waals surface area contributed by atoms with Crippen LogP contribution in [0.2, 0.25) is 10.0 Å². The van der Waals surface area contributed by atoms with Crippen molar-refractivity contribution >= 4 is 40.1 Å². The molecule has 0 fully saturated rings. The topological polar surface area (TPSA) is 38.1 Å². The van der Waals surface area contributed by atoms with Gasteiger partial charge in [0.25, 0.3) is 5.91 Å². The zero-order valence-corrected chi connectivity index (χ0v) is 18.3. The largest absolute Gasteiger partial charge is 0.345 e. The number of hydrogen-bond acceptors (Lipinski definition) is 2. The molecule has 0 saturated heterocycles. The van der Waals surface area contributed by atoms with Gasteiger partial charge >= 0.3 is 0 Å². The van der Waals surface area contributed by atoms with Gasteiger partial charge < -0.3 is 9.47 Å². The fourth-order valence-electron chi connectivity index (χ4n) is 3.49. The fraction of sp³-hybridized carbons (Fsp3) is 0.167. The Balaban J connectivity index is 1.71. The molecular weight excluding hydrogens is 417 g/mol. The minimum absolute atomic E-state index is 0.0105. The summed E-state index contributed by atoms with van der Waals surface area (Å²) in [6, 6.07) is 21.3. The maximum atomic E-state index is 12.2. The van der Waals surface area contributed by atoms with Crippen molar-refractivity contribution in [3.63, 3.8) is 0 Å². The smallest absolute Gasteiger partial charge is 0.253 e. The average molecular weight is 438 g/mol. The van der Waals surface area contributed by atoms with Gasteiger partial charge in [-0.05, 0) is 47.5 Å². The van der Waals surface area contributed by atoms with Gasteiger partial charge in [0.1, 0.15) is 5.82 Å². The number of para-hydroxylation sites is 2. The van der Waals surface area contributed by atoms with Crippen molar-refractivity contribution in [2.45, 2.75) is 13.0 Å². The average Bonchev–Trinajstić information content (AvgIpc) is 3.08. The molecule has 0 atom stereocenters. The van der Waals surface area contributed by atoms with Gasteiger partial charge in [0.15, 0.2) is 0 Å². The second-order valence-electron chi connectivity index (χ2n) is 7.38. The molecule has 0 aliphatic heterocycles. The molecule has 1 aromatic heterocycles. The van der Waals surface area contributed by atoms with Crippen LogP contribution in [0.3, 0.4) is 0 Å². The molecule has 30 heavy (non-hydrogen) atoms. The lowest BCUT2D eigenvalue weighted by Crippen LogP contribution is -2.21. The number of fused-ring (bicyclic) bond motifs is 1. The van der Waals surface area contributed by atoms with E-state index in [-0.39, 0.29) is 5.91 Å². The Morgan fingerprint density at radius 3 is 2.27 bits per heavy atom. The lowest BCUT2D eigenvalue weighted by Gasteiger charge is -2.13. The third kappa shape index (κ3) is 4.07. The lowest BCUT2D eigenvalue weighted by molar-refractivity contribution is 0.0827. The van der Waals surface area contributed by atoms with Crippen molar-refractivity contribution in [2.75, 3.05) is 14.1 Å². The van der Waals surface area contributed by atoms with Gasteiger partial charge in [-0.15, -0.1) is 0 Å². The zero-order valence-electron chi connectivity index (χ0n) is 16.8. The second kappa shape index (κ2) is 8.50. The van der Waals surface area contributed by atoms with E-state index in [0.717, 1.165) is 28.0 Å². The maximum absolute atomic E-state index is 12.2. The number of rotatable bonds is 5. The molecule has 0 saturated carbocycles. The Morgan fingerprint density at radius 2 is 1.60 bits per heavy atom. The molecule has 3 aromatic carbocycles. The summed E-state index contributed by atoms with van der Waals surface area (Å²) in [7, 11) is 3.50. The first-order valence-electron chi connectivity index (χ1n) is 9.61. The van der Waals surface area contributed by atoms with E-state index in [1.54, 1.807) is 19.0 Å². The minimum atomic E-state index is -0.0105. The van der Waals surface area contributed by atoms with Crippen molar-refractivity contribution < 1.29 is 4.79 Å². The van der Waals surface area contributed by atoms with Gasteiger partial charge in [-0.25, -0.2) is 4.98 Å². The van der Waals surface area contributed by atoms with E-state index in [2.05, 4.69) is 10.6 Å². The number of hydrogen-bond donors (Lipinski definition) is 0. The highest BCUT2D eigenvalue weighted by atomic mass is 35.5. The highest BCUT2D eigenvalue weighted by molar-refractivity contribution is 6.36. The Bertz CT molecular complexity index is 1190. The molecule has 4 aromatic rings. The second-order valence-corrected chi connectivity index (χ2v) is 8.19. The molecule has 4 nitrogen and oxygen atoms in total. The summed E-state index contributed by atoms with van der Waals surface area (Å²) in [5.74, 6) is 0.878. The molecule has 152 valence electrons. The first-order chi connectivity index (χ1) is 14.4. The van der Waals surface area contributed by atoms with Gasteiger partial charge in [0.2, 0.25) is 0 Å². The van der Waals surface area contributed by atoms with Gasteiger partial charge in [-0.3, -0.25) is 4.79 Å². The number of carbonyl (C=O) groups is 1. The van der Waals surface area contributed by atoms with Crippen molar-refractivity contribution in [3.8, 4) is 0 Å². The molecule has 0 unspecified atom stereocenters. The molecule has 1 heterocycles. The van der Waals surface area contributed by atoms with Gasteiger partial charge in [0, 0.05) is 42.7 Å². The van der Waals surface area contributed by atoms with E-state index in [4.69, 9.17) is 28.2 Å². The molecule has 0 aliphatic carbocycles. The molecule has 0 N–H and O–H groups in total. The monoisotopic (exact) mass is 437 g/mol. The van der Waals surface area contributed by atoms with Crippen LogP contribution in [-0.2, 0) is 13.0 Å². The summed E-state index contributed by atoms with van der Waals surface area (Å²) in [6.45, 7) is 0.633. The molecule has 0 spiro atoms. The fourth-order valence-corrected chi connectivity index (χ4v) is 4.02. The molecular formula is C24H21Cl2N3O. The Hall–Kier alpha value is -2.82. The summed E-state index contributed by atoms with van der Waals surface area (Å²) in [6.07, 6.45) is 0.532. The van der Waals surface area contributed by atoms with Crippen molar-refractivity contribution in [2.24, 2.45) is 0 Å². The van der Waals surface area contributed by atoms with Crippen LogP contribution in [0.15, 0.2) is 66.7 Å². The third-order valence-electron chi connectivity index (χ3n) is 5.08. The highest BCUT2D eigenvalue weighted by Gasteiger charge is 2.15. The van der Waals surface area contributed by atoms with Crippen molar-refractivity contribution in [1.82, 2.24) is 14.5 Å². The van der Waals surface area contributed by atoms with E-state index in [0.29, 0.717) is 28.6 Å². The summed E-state index contributed by atoms with van der Waals surface area (Å²) in [4.78, 5) is 18.6. The molecule has 4 rings (SSSR count). The van der Waals surface area contributed by atoms with Crippen LogP contribution < -0.4 is 0 Å². The standard InChI is InChI=1S/C24H21Cl2N3O/c1-28(2)24(30)17-12-10-16(11-13-17)15-29-22-9-4-3-8-21(22)27-23(29)14-18-19(25)6-5-7-20(18)26/h3-13H,14-15H2,1-2H3. The number of halogens is 2. The van der Waals surface area contributed by atoms with Gasteiger partial charge in [-0.2, -0.15) is 0 Å². The van der Waals surface area contributed by atoms with Gasteiger partial charge in [0.05, 0.1) is 11.0 Å². The maximum Gasteiger partial charge on any atom is 0.253 e. The Morgan fingerprint density at radius 1 is 0.933 bits per heavy atom. The molecule has 1 amide bonds. The highest BCUT2D eigenvalue weighted by Crippen LogP contribution is 2.28. The van der Waals surface area contributed by atoms with E-state index < -0.39 is 0 Å². The van der Waals surface area contributed by atoms with Crippen molar-refractivity contribution in [1.29, 1.82) is 0 Å². The van der Waals surface area contributed by atoms with Crippen LogP contribution in [0.4, 0.5) is 0 Å². The van der Waals surface area contributed by atoms with Crippen LogP contribution in [0.5, 0.6) is 0 Å². The molecule has 0 bridgehead atoms. The SMILES string of the molecule is CN(C)C(=O)c1ccc(Cn2c(Cc3c(Cl)cccc3Cl)nc3ccccc32)cc1. The number of aromatic nitrogens is 2. The van der Waals surface area contributed by atoms with Crippen molar-refractivity contribution in [3.05, 3.63) is 99.3 Å². The van der Waals surface area contributed by atoms with Crippen LogP contribution in [0.1, 0.15) is 27.3 Å². The predicted molar refractivity (Wildman–Crippen MR) is 123 cm³/mol. The number of carbonyl (C=O) groups excluding carboxylic acids is 1. The number of benzene rings is 3. The molecule has 0 aliphatic rings. The normalized spacial score (nSPS) is 11.1. The zero-order chi connectivity index (χ0) is 21.3. The Kier molecular flexibility index (Phi) is 5.80. The van der Waals surface area contributed by atoms with E-state index in [1.807, 2.05) is 60.7 Å². The van der Waals surface area contributed by atoms with E-state index in [1.165, 1.54) is 0 Å². The number of amides is 1. The first kappa shape index (κ1) is 20.5. The van der Waals surface area contributed by atoms with E-state index in [9.17, 15) is 4.79 Å². The predicted octanol–water partition coefficient (Wildman–Crippen LogP) is 5.68. The summed E-state index contributed by atoms with van der Waals surface area (Å²) in [5, 5.41) is 1.26. The van der Waals surface area contributed by atoms with Crippen LogP contribution in [0.25, 0.3) is 11.0 Å². The third-order valence-corrected chi connectivity index (χ3v) is 5.79. The lowest BCUT2D eigenvalue weighted by atomic mass is 10.1.